The minimum absolute atomic E-state index is 0.100. The lowest BCUT2D eigenvalue weighted by atomic mass is 10.1. The van der Waals surface area contributed by atoms with E-state index in [0.29, 0.717) is 30.7 Å². The van der Waals surface area contributed by atoms with Crippen molar-refractivity contribution in [1.82, 2.24) is 14.9 Å². The van der Waals surface area contributed by atoms with Crippen molar-refractivity contribution in [2.45, 2.75) is 33.2 Å². The third-order valence-electron chi connectivity index (χ3n) is 5.74. The first-order chi connectivity index (χ1) is 14.7. The number of aryl methyl sites for hydroxylation is 3. The summed E-state index contributed by atoms with van der Waals surface area (Å²) in [6.07, 6.45) is 0.594. The van der Waals surface area contributed by atoms with Crippen molar-refractivity contribution in [1.29, 1.82) is 0 Å². The number of aromatic nitrogens is 2. The fourth-order valence-electron chi connectivity index (χ4n) is 4.25. The third-order valence-corrected chi connectivity index (χ3v) is 7.49. The molecule has 31 heavy (non-hydrogen) atoms. The van der Waals surface area contributed by atoms with Crippen LogP contribution in [0.5, 0.6) is 5.75 Å². The van der Waals surface area contributed by atoms with Crippen LogP contribution in [0.25, 0.3) is 11.0 Å². The summed E-state index contributed by atoms with van der Waals surface area (Å²) < 4.78 is 31.6. The molecular weight excluding hydrogens is 414 g/mol. The number of nitrogens with one attached hydrogen (secondary N) is 1. The second-order valence-corrected chi connectivity index (χ2v) is 10.3. The van der Waals surface area contributed by atoms with Crippen LogP contribution in [0.15, 0.2) is 36.4 Å². The molecule has 3 aromatic rings. The molecule has 0 bridgehead atoms. The highest BCUT2D eigenvalue weighted by molar-refractivity contribution is 7.91. The maximum Gasteiger partial charge on any atom is 0.251 e. The molecule has 1 N–H and O–H groups in total. The van der Waals surface area contributed by atoms with E-state index in [-0.39, 0.29) is 23.5 Å². The Bertz CT molecular complexity index is 1230. The summed E-state index contributed by atoms with van der Waals surface area (Å²) in [5.74, 6) is 1.77. The van der Waals surface area contributed by atoms with Gasteiger partial charge in [0.1, 0.15) is 18.2 Å². The Morgan fingerprint density at radius 2 is 1.94 bits per heavy atom. The monoisotopic (exact) mass is 441 g/mol. The highest BCUT2D eigenvalue weighted by Gasteiger charge is 2.31. The van der Waals surface area contributed by atoms with Crippen LogP contribution in [0.1, 0.15) is 39.8 Å². The molecule has 4 rings (SSSR count). The molecule has 1 fully saturated rings. The molecule has 0 spiro atoms. The molecule has 1 amide bonds. The number of nitrogens with zero attached hydrogens (tertiary/aromatic N) is 2. The van der Waals surface area contributed by atoms with Crippen molar-refractivity contribution in [3.63, 3.8) is 0 Å². The van der Waals surface area contributed by atoms with Crippen LogP contribution in [0, 0.1) is 20.8 Å². The van der Waals surface area contributed by atoms with Crippen molar-refractivity contribution in [2.75, 3.05) is 24.7 Å². The lowest BCUT2D eigenvalue weighted by Crippen LogP contribution is -2.28. The Morgan fingerprint density at radius 1 is 1.19 bits per heavy atom. The molecule has 8 heteroatoms. The fourth-order valence-corrected chi connectivity index (χ4v) is 5.95. The lowest BCUT2D eigenvalue weighted by molar-refractivity contribution is 0.0947. The summed E-state index contributed by atoms with van der Waals surface area (Å²) in [4.78, 5) is 17.2. The molecule has 164 valence electrons. The molecule has 0 radical (unpaired) electrons. The summed E-state index contributed by atoms with van der Waals surface area (Å²) in [5.41, 5.74) is 4.20. The van der Waals surface area contributed by atoms with Crippen molar-refractivity contribution in [3.05, 3.63) is 58.9 Å². The molecule has 0 aliphatic carbocycles. The average molecular weight is 442 g/mol. The first kappa shape index (κ1) is 21.4. The number of sulfone groups is 1. The van der Waals surface area contributed by atoms with E-state index in [0.717, 1.165) is 28.2 Å². The van der Waals surface area contributed by atoms with Gasteiger partial charge in [-0.3, -0.25) is 4.79 Å². The van der Waals surface area contributed by atoms with Gasteiger partial charge in [-0.25, -0.2) is 13.4 Å². The Labute approximate surface area is 182 Å². The normalized spacial score (nSPS) is 17.7. The Morgan fingerprint density at radius 3 is 2.61 bits per heavy atom. The van der Waals surface area contributed by atoms with Gasteiger partial charge < -0.3 is 14.6 Å². The molecule has 1 aliphatic rings. The summed E-state index contributed by atoms with van der Waals surface area (Å²) >= 11 is 0. The van der Waals surface area contributed by atoms with Crippen LogP contribution in [0.2, 0.25) is 0 Å². The summed E-state index contributed by atoms with van der Waals surface area (Å²) in [6, 6.07) is 11.2. The Kier molecular flexibility index (Phi) is 5.75. The number of benzene rings is 2. The van der Waals surface area contributed by atoms with E-state index in [2.05, 4.69) is 10.3 Å². The van der Waals surface area contributed by atoms with Gasteiger partial charge >= 0.3 is 0 Å². The average Bonchev–Trinajstić information content (AvgIpc) is 3.23. The SMILES string of the molecule is Cc1cccc(C)c1OCCNC(=O)c1ccc2c(c1)nc(C)n2[C@@H]1CCS(=O)(=O)C1. The van der Waals surface area contributed by atoms with E-state index in [1.807, 2.05) is 49.6 Å². The third kappa shape index (κ3) is 4.44. The van der Waals surface area contributed by atoms with Gasteiger partial charge in [0.2, 0.25) is 0 Å². The number of hydrogen-bond acceptors (Lipinski definition) is 5. The lowest BCUT2D eigenvalue weighted by Gasteiger charge is -2.14. The maximum atomic E-state index is 12.6. The zero-order valence-electron chi connectivity index (χ0n) is 18.0. The standard InChI is InChI=1S/C23H27N3O4S/c1-15-5-4-6-16(2)22(15)30-11-10-24-23(27)18-7-8-21-20(13-18)25-17(3)26(21)19-9-12-31(28,29)14-19/h4-8,13,19H,9-12,14H2,1-3H3,(H,24,27)/t19-/m1/s1. The first-order valence-electron chi connectivity index (χ1n) is 10.4. The van der Waals surface area contributed by atoms with Gasteiger partial charge in [-0.15, -0.1) is 0 Å². The molecule has 7 nitrogen and oxygen atoms in total. The van der Waals surface area contributed by atoms with Crippen LogP contribution >= 0.6 is 0 Å². The predicted octanol–water partition coefficient (Wildman–Crippen LogP) is 3.13. The number of ether oxygens (including phenoxy) is 1. The van der Waals surface area contributed by atoms with Crippen LogP contribution in [-0.4, -0.2) is 48.5 Å². The van der Waals surface area contributed by atoms with Gasteiger partial charge in [0, 0.05) is 5.56 Å². The van der Waals surface area contributed by atoms with Crippen LogP contribution in [0.4, 0.5) is 0 Å². The highest BCUT2D eigenvalue weighted by atomic mass is 32.2. The molecule has 1 atom stereocenters. The van der Waals surface area contributed by atoms with Gasteiger partial charge in [0.25, 0.3) is 5.91 Å². The quantitative estimate of drug-likeness (QED) is 0.594. The van der Waals surface area contributed by atoms with Crippen molar-refractivity contribution in [3.8, 4) is 5.75 Å². The number of rotatable bonds is 6. The fraction of sp³-hybridized carbons (Fsp3) is 0.391. The van der Waals surface area contributed by atoms with Crippen LogP contribution in [-0.2, 0) is 9.84 Å². The van der Waals surface area contributed by atoms with E-state index in [1.54, 1.807) is 12.1 Å². The Hall–Kier alpha value is -2.87. The topological polar surface area (TPSA) is 90.3 Å². The van der Waals surface area contributed by atoms with Gasteiger partial charge in [0.05, 0.1) is 35.1 Å². The van der Waals surface area contributed by atoms with Crippen LogP contribution in [0.3, 0.4) is 0 Å². The number of carbonyl (C=O) groups is 1. The summed E-state index contributed by atoms with van der Waals surface area (Å²) in [6.45, 7) is 6.63. The number of fused-ring (bicyclic) bond motifs is 1. The Balaban J connectivity index is 1.42. The molecule has 2 aromatic carbocycles. The molecular formula is C23H27N3O4S. The zero-order valence-corrected chi connectivity index (χ0v) is 18.8. The number of carbonyl (C=O) groups excluding carboxylic acids is 1. The largest absolute Gasteiger partial charge is 0.491 e. The van der Waals surface area contributed by atoms with Crippen LogP contribution < -0.4 is 10.1 Å². The molecule has 1 aromatic heterocycles. The van der Waals surface area contributed by atoms with Gasteiger partial charge in [-0.2, -0.15) is 0 Å². The summed E-state index contributed by atoms with van der Waals surface area (Å²) in [5, 5.41) is 2.88. The van der Waals surface area contributed by atoms with E-state index in [1.165, 1.54) is 0 Å². The van der Waals surface area contributed by atoms with Crippen molar-refractivity contribution >= 4 is 26.8 Å². The predicted molar refractivity (Wildman–Crippen MR) is 121 cm³/mol. The molecule has 0 unspecified atom stereocenters. The van der Waals surface area contributed by atoms with E-state index in [4.69, 9.17) is 4.74 Å². The second kappa shape index (κ2) is 8.34. The molecule has 1 aliphatic heterocycles. The maximum absolute atomic E-state index is 12.6. The smallest absolute Gasteiger partial charge is 0.251 e. The van der Waals surface area contributed by atoms with Gasteiger partial charge in [-0.05, 0) is 56.5 Å². The number of imidazole rings is 1. The minimum Gasteiger partial charge on any atom is -0.491 e. The molecule has 0 saturated carbocycles. The zero-order chi connectivity index (χ0) is 22.2. The highest BCUT2D eigenvalue weighted by Crippen LogP contribution is 2.29. The molecule has 2 heterocycles. The van der Waals surface area contributed by atoms with Crippen molar-refractivity contribution in [2.24, 2.45) is 0 Å². The summed E-state index contributed by atoms with van der Waals surface area (Å²) in [7, 11) is -2.99. The number of amides is 1. The number of hydrogen-bond donors (Lipinski definition) is 1. The number of para-hydroxylation sites is 1. The van der Waals surface area contributed by atoms with E-state index in [9.17, 15) is 13.2 Å². The van der Waals surface area contributed by atoms with Gasteiger partial charge in [0.15, 0.2) is 9.84 Å². The minimum atomic E-state index is -2.99. The second-order valence-electron chi connectivity index (χ2n) is 8.11. The van der Waals surface area contributed by atoms with Crippen molar-refractivity contribution < 1.29 is 17.9 Å². The molecule has 1 saturated heterocycles. The van der Waals surface area contributed by atoms with E-state index >= 15 is 0 Å². The van der Waals surface area contributed by atoms with E-state index < -0.39 is 9.84 Å². The van der Waals surface area contributed by atoms with Gasteiger partial charge in [-0.1, -0.05) is 18.2 Å². The first-order valence-corrected chi connectivity index (χ1v) is 12.2.